The van der Waals surface area contributed by atoms with Crippen molar-refractivity contribution in [3.63, 3.8) is 0 Å². The number of hydrogen-bond donors (Lipinski definition) is 2. The second-order valence-corrected chi connectivity index (χ2v) is 7.36. The van der Waals surface area contributed by atoms with Crippen LogP contribution in [0.25, 0.3) is 0 Å². The van der Waals surface area contributed by atoms with Crippen molar-refractivity contribution in [1.29, 1.82) is 0 Å². The summed E-state index contributed by atoms with van der Waals surface area (Å²) in [4.78, 5) is 26.5. The topological polar surface area (TPSA) is 70.7 Å². The highest BCUT2D eigenvalue weighted by Gasteiger charge is 2.20. The first-order chi connectivity index (χ1) is 14.5. The van der Waals surface area contributed by atoms with E-state index >= 15 is 0 Å². The van der Waals surface area contributed by atoms with Crippen LogP contribution in [0, 0.1) is 6.92 Å². The average molecular weight is 401 g/mol. The number of nitrogens with zero attached hydrogens (tertiary/aromatic N) is 1. The van der Waals surface area contributed by atoms with Crippen LogP contribution in [0.4, 0.5) is 17.1 Å². The van der Waals surface area contributed by atoms with Gasteiger partial charge in [-0.2, -0.15) is 0 Å². The van der Waals surface area contributed by atoms with Gasteiger partial charge in [-0.3, -0.25) is 9.59 Å². The van der Waals surface area contributed by atoms with Gasteiger partial charge in [-0.05, 0) is 48.4 Å². The molecule has 152 valence electrons. The Hall–Kier alpha value is -3.80. The number of ether oxygens (including phenoxy) is 1. The van der Waals surface area contributed by atoms with E-state index in [-0.39, 0.29) is 11.8 Å². The lowest BCUT2D eigenvalue weighted by molar-refractivity contribution is -0.115. The predicted octanol–water partition coefficient (Wildman–Crippen LogP) is 4.21. The molecule has 0 saturated carbocycles. The minimum Gasteiger partial charge on any atom is -0.487 e. The van der Waals surface area contributed by atoms with Gasteiger partial charge in [-0.1, -0.05) is 36.4 Å². The molecule has 2 N–H and O–H groups in total. The van der Waals surface area contributed by atoms with Gasteiger partial charge < -0.3 is 20.3 Å². The van der Waals surface area contributed by atoms with Crippen LogP contribution < -0.4 is 20.3 Å². The van der Waals surface area contributed by atoms with Crippen LogP contribution in [-0.2, 0) is 11.4 Å². The van der Waals surface area contributed by atoms with Crippen molar-refractivity contribution < 1.29 is 14.3 Å². The normalized spacial score (nSPS) is 12.7. The van der Waals surface area contributed by atoms with Crippen LogP contribution in [0.3, 0.4) is 0 Å². The molecule has 1 heterocycles. The Morgan fingerprint density at radius 2 is 1.90 bits per heavy atom. The molecule has 0 atom stereocenters. The number of aryl methyl sites for hydroxylation is 1. The van der Waals surface area contributed by atoms with Crippen LogP contribution >= 0.6 is 0 Å². The third kappa shape index (κ3) is 4.27. The second-order valence-electron chi connectivity index (χ2n) is 7.36. The van der Waals surface area contributed by atoms with E-state index < -0.39 is 0 Å². The standard InChI is InChI=1S/C24H23N3O3/c1-16-8-10-19(22(12-16)30-15-17-6-4-3-5-7-17)26-24(29)18-9-11-21-20(13-18)25-23(28)14-27(21)2/h3-13H,14-15H2,1-2H3,(H,25,28)(H,26,29). The maximum atomic E-state index is 12.9. The minimum absolute atomic E-state index is 0.0994. The van der Waals surface area contributed by atoms with E-state index in [0.29, 0.717) is 35.8 Å². The Balaban J connectivity index is 1.53. The smallest absolute Gasteiger partial charge is 0.255 e. The van der Waals surface area contributed by atoms with Gasteiger partial charge in [0.05, 0.1) is 23.6 Å². The molecule has 6 nitrogen and oxygen atoms in total. The van der Waals surface area contributed by atoms with E-state index in [1.807, 2.05) is 73.5 Å². The highest BCUT2D eigenvalue weighted by molar-refractivity contribution is 6.08. The number of carbonyl (C=O) groups excluding carboxylic acids is 2. The van der Waals surface area contributed by atoms with E-state index in [1.165, 1.54) is 0 Å². The van der Waals surface area contributed by atoms with Crippen LogP contribution in [0.5, 0.6) is 5.75 Å². The zero-order valence-electron chi connectivity index (χ0n) is 16.9. The lowest BCUT2D eigenvalue weighted by atomic mass is 10.1. The van der Waals surface area contributed by atoms with Crippen molar-refractivity contribution in [3.8, 4) is 5.75 Å². The molecule has 3 aromatic carbocycles. The molecule has 0 aliphatic carbocycles. The highest BCUT2D eigenvalue weighted by atomic mass is 16.5. The van der Waals surface area contributed by atoms with Gasteiger partial charge in [0.1, 0.15) is 12.4 Å². The van der Waals surface area contributed by atoms with E-state index in [0.717, 1.165) is 16.8 Å². The van der Waals surface area contributed by atoms with Crippen molar-refractivity contribution in [2.45, 2.75) is 13.5 Å². The van der Waals surface area contributed by atoms with E-state index in [4.69, 9.17) is 4.74 Å². The van der Waals surface area contributed by atoms with Gasteiger partial charge in [0, 0.05) is 12.6 Å². The fourth-order valence-electron chi connectivity index (χ4n) is 3.38. The Morgan fingerprint density at radius 3 is 2.70 bits per heavy atom. The third-order valence-corrected chi connectivity index (χ3v) is 4.95. The lowest BCUT2D eigenvalue weighted by Crippen LogP contribution is -2.35. The molecule has 0 bridgehead atoms. The number of rotatable bonds is 5. The summed E-state index contributed by atoms with van der Waals surface area (Å²) < 4.78 is 5.98. The molecule has 1 aliphatic rings. The Kier molecular flexibility index (Phi) is 5.39. The number of nitrogens with one attached hydrogen (secondary N) is 2. The van der Waals surface area contributed by atoms with Crippen molar-refractivity contribution in [1.82, 2.24) is 0 Å². The van der Waals surface area contributed by atoms with Crippen LogP contribution in [-0.4, -0.2) is 25.4 Å². The molecular weight excluding hydrogens is 378 g/mol. The summed E-state index contributed by atoms with van der Waals surface area (Å²) in [6.45, 7) is 2.68. The number of likely N-dealkylation sites (N-methyl/N-ethyl adjacent to an activating group) is 1. The summed E-state index contributed by atoms with van der Waals surface area (Å²) in [7, 11) is 1.85. The summed E-state index contributed by atoms with van der Waals surface area (Å²) in [5.41, 5.74) is 4.65. The highest BCUT2D eigenvalue weighted by Crippen LogP contribution is 2.31. The van der Waals surface area contributed by atoms with Gasteiger partial charge in [-0.15, -0.1) is 0 Å². The van der Waals surface area contributed by atoms with Crippen molar-refractivity contribution in [3.05, 3.63) is 83.4 Å². The number of anilines is 3. The molecule has 0 unspecified atom stereocenters. The van der Waals surface area contributed by atoms with Gasteiger partial charge in [0.15, 0.2) is 0 Å². The summed E-state index contributed by atoms with van der Waals surface area (Å²) in [6.07, 6.45) is 0. The number of benzene rings is 3. The third-order valence-electron chi connectivity index (χ3n) is 4.95. The molecule has 0 aromatic heterocycles. The molecule has 1 aliphatic heterocycles. The maximum absolute atomic E-state index is 12.9. The first-order valence-electron chi connectivity index (χ1n) is 9.73. The predicted molar refractivity (Wildman–Crippen MR) is 118 cm³/mol. The zero-order chi connectivity index (χ0) is 21.1. The van der Waals surface area contributed by atoms with Gasteiger partial charge >= 0.3 is 0 Å². The average Bonchev–Trinajstić information content (AvgIpc) is 2.74. The quantitative estimate of drug-likeness (QED) is 0.672. The number of hydrogen-bond acceptors (Lipinski definition) is 4. The minimum atomic E-state index is -0.270. The lowest BCUT2D eigenvalue weighted by Gasteiger charge is -2.27. The van der Waals surface area contributed by atoms with Crippen LogP contribution in [0.2, 0.25) is 0 Å². The SMILES string of the molecule is Cc1ccc(NC(=O)c2ccc3c(c2)NC(=O)CN3C)c(OCc2ccccc2)c1. The van der Waals surface area contributed by atoms with Gasteiger partial charge in [0.25, 0.3) is 5.91 Å². The molecule has 0 radical (unpaired) electrons. The van der Waals surface area contributed by atoms with Crippen molar-refractivity contribution in [2.75, 3.05) is 29.1 Å². The molecule has 0 fully saturated rings. The summed E-state index contributed by atoms with van der Waals surface area (Å²) in [6, 6.07) is 20.8. The summed E-state index contributed by atoms with van der Waals surface area (Å²) >= 11 is 0. The van der Waals surface area contributed by atoms with Crippen LogP contribution in [0.1, 0.15) is 21.5 Å². The molecule has 4 rings (SSSR count). The molecule has 6 heteroatoms. The van der Waals surface area contributed by atoms with Gasteiger partial charge in [-0.25, -0.2) is 0 Å². The van der Waals surface area contributed by atoms with E-state index in [2.05, 4.69) is 10.6 Å². The first kappa shape index (κ1) is 19.5. The van der Waals surface area contributed by atoms with E-state index in [1.54, 1.807) is 12.1 Å². The molecule has 2 amide bonds. The summed E-state index contributed by atoms with van der Waals surface area (Å²) in [5.74, 6) is 0.240. The fraction of sp³-hybridized carbons (Fsp3) is 0.167. The molecular formula is C24H23N3O3. The summed E-state index contributed by atoms with van der Waals surface area (Å²) in [5, 5.41) is 5.75. The van der Waals surface area contributed by atoms with Gasteiger partial charge in [0.2, 0.25) is 5.91 Å². The van der Waals surface area contributed by atoms with Crippen molar-refractivity contribution in [2.24, 2.45) is 0 Å². The van der Waals surface area contributed by atoms with Crippen LogP contribution in [0.15, 0.2) is 66.7 Å². The second kappa shape index (κ2) is 8.29. The first-order valence-corrected chi connectivity index (χ1v) is 9.73. The maximum Gasteiger partial charge on any atom is 0.255 e. The zero-order valence-corrected chi connectivity index (χ0v) is 16.9. The monoisotopic (exact) mass is 401 g/mol. The Morgan fingerprint density at radius 1 is 1.10 bits per heavy atom. The molecule has 0 spiro atoms. The number of carbonyl (C=O) groups is 2. The number of amides is 2. The largest absolute Gasteiger partial charge is 0.487 e. The Bertz CT molecular complexity index is 1100. The molecule has 30 heavy (non-hydrogen) atoms. The number of fused-ring (bicyclic) bond motifs is 1. The fourth-order valence-corrected chi connectivity index (χ4v) is 3.38. The van der Waals surface area contributed by atoms with Crippen molar-refractivity contribution >= 4 is 28.9 Å². The molecule has 0 saturated heterocycles. The molecule has 3 aromatic rings. The van der Waals surface area contributed by atoms with E-state index in [9.17, 15) is 9.59 Å². The Labute approximate surface area is 175 Å².